The van der Waals surface area contributed by atoms with Crippen molar-refractivity contribution in [2.45, 2.75) is 30.8 Å². The minimum Gasteiger partial charge on any atom is -0.377 e. The minimum atomic E-state index is -3.77. The number of ether oxygens (including phenoxy) is 9. The van der Waals surface area contributed by atoms with E-state index >= 15 is 0 Å². The predicted octanol–water partition coefficient (Wildman–Crippen LogP) is 1.60. The molecule has 0 spiro atoms. The predicted molar refractivity (Wildman–Crippen MR) is 163 cm³/mol. The van der Waals surface area contributed by atoms with Gasteiger partial charge in [0, 0.05) is 0 Å². The molecule has 1 saturated heterocycles. The Bertz CT molecular complexity index is 885. The van der Waals surface area contributed by atoms with Crippen LogP contribution in [0.25, 0.3) is 0 Å². The molecule has 44 heavy (non-hydrogen) atoms. The molecule has 0 saturated carbocycles. The third-order valence-electron chi connectivity index (χ3n) is 6.25. The molecule has 1 aliphatic rings. The van der Waals surface area contributed by atoms with Crippen molar-refractivity contribution in [3.05, 3.63) is 29.8 Å². The molecule has 13 nitrogen and oxygen atoms in total. The van der Waals surface area contributed by atoms with Gasteiger partial charge in [0.1, 0.15) is 0 Å². The Hall–Kier alpha value is -1.27. The summed E-state index contributed by atoms with van der Waals surface area (Å²) in [6, 6.07) is 6.49. The Morgan fingerprint density at radius 2 is 0.886 bits per heavy atom. The van der Waals surface area contributed by atoms with Gasteiger partial charge >= 0.3 is 0 Å². The summed E-state index contributed by atoms with van der Waals surface area (Å²) >= 11 is 0. The van der Waals surface area contributed by atoms with E-state index in [9.17, 15) is 8.42 Å². The van der Waals surface area contributed by atoms with Crippen LogP contribution in [0, 0.1) is 6.92 Å². The maximum absolute atomic E-state index is 12.1. The lowest BCUT2D eigenvalue weighted by Crippen LogP contribution is -2.33. The van der Waals surface area contributed by atoms with Gasteiger partial charge in [-0.1, -0.05) is 17.7 Å². The highest BCUT2D eigenvalue weighted by atomic mass is 32.2. The first kappa shape index (κ1) is 38.9. The normalized spacial score (nSPS) is 14.4. The summed E-state index contributed by atoms with van der Waals surface area (Å²) in [5.41, 5.74) is 0.978. The third kappa shape index (κ3) is 21.5. The summed E-state index contributed by atoms with van der Waals surface area (Å²) in [7, 11) is -3.77. The van der Waals surface area contributed by atoms with E-state index in [1.54, 1.807) is 12.1 Å². The Labute approximate surface area is 263 Å². The van der Waals surface area contributed by atoms with Crippen LogP contribution in [0.5, 0.6) is 0 Å². The second kappa shape index (κ2) is 26.9. The van der Waals surface area contributed by atoms with E-state index in [-0.39, 0.29) is 18.1 Å². The molecule has 1 aliphatic heterocycles. The number of nitrogens with one attached hydrogen (secondary N) is 1. The summed E-state index contributed by atoms with van der Waals surface area (Å²) in [5, 5.41) is 3.32. The van der Waals surface area contributed by atoms with Crippen LogP contribution in [0.2, 0.25) is 0 Å². The van der Waals surface area contributed by atoms with Gasteiger partial charge in [0.2, 0.25) is 0 Å². The molecule has 1 heterocycles. The van der Waals surface area contributed by atoms with E-state index in [0.29, 0.717) is 112 Å². The fourth-order valence-corrected chi connectivity index (χ4v) is 4.75. The van der Waals surface area contributed by atoms with E-state index in [1.807, 2.05) is 6.92 Å². The zero-order chi connectivity index (χ0) is 31.4. The highest BCUT2D eigenvalue weighted by Crippen LogP contribution is 2.13. The zero-order valence-corrected chi connectivity index (χ0v) is 27.1. The highest BCUT2D eigenvalue weighted by molar-refractivity contribution is 7.86. The van der Waals surface area contributed by atoms with E-state index in [2.05, 4.69) is 5.32 Å². The van der Waals surface area contributed by atoms with Gasteiger partial charge in [-0.05, 0) is 45.0 Å². The van der Waals surface area contributed by atoms with Gasteiger partial charge < -0.3 is 47.9 Å². The van der Waals surface area contributed by atoms with Gasteiger partial charge in [-0.3, -0.25) is 4.18 Å². The number of benzene rings is 1. The Balaban J connectivity index is 1.19. The SMILES string of the molecule is Cc1ccc(S(=O)(=O)OCCOCCOCCOCCOCCOCCOCCOCCOCCOC2CCNCC2)cc1. The second-order valence-corrected chi connectivity index (χ2v) is 11.4. The maximum Gasteiger partial charge on any atom is 0.297 e. The van der Waals surface area contributed by atoms with Gasteiger partial charge in [0.15, 0.2) is 0 Å². The van der Waals surface area contributed by atoms with Crippen molar-refractivity contribution in [2.75, 3.05) is 132 Å². The topological polar surface area (TPSA) is 138 Å². The van der Waals surface area contributed by atoms with Crippen LogP contribution in [-0.4, -0.2) is 147 Å². The van der Waals surface area contributed by atoms with Crippen molar-refractivity contribution in [2.24, 2.45) is 0 Å². The number of aryl methyl sites for hydroxylation is 1. The maximum atomic E-state index is 12.1. The molecule has 0 bridgehead atoms. The molecule has 1 aromatic rings. The molecule has 1 fully saturated rings. The molecule has 1 N–H and O–H groups in total. The van der Waals surface area contributed by atoms with Gasteiger partial charge in [-0.15, -0.1) is 0 Å². The van der Waals surface area contributed by atoms with Crippen LogP contribution in [0.1, 0.15) is 18.4 Å². The average Bonchev–Trinajstić information content (AvgIpc) is 3.03. The lowest BCUT2D eigenvalue weighted by atomic mass is 10.1. The molecule has 0 unspecified atom stereocenters. The summed E-state index contributed by atoms with van der Waals surface area (Å²) in [6.45, 7) is 11.9. The monoisotopic (exact) mass is 651 g/mol. The third-order valence-corrected chi connectivity index (χ3v) is 7.57. The van der Waals surface area contributed by atoms with Crippen LogP contribution in [0.3, 0.4) is 0 Å². The largest absolute Gasteiger partial charge is 0.377 e. The molecule has 256 valence electrons. The molecule has 14 heteroatoms. The number of rotatable bonds is 30. The second-order valence-electron chi connectivity index (χ2n) is 9.81. The zero-order valence-electron chi connectivity index (χ0n) is 26.3. The standard InChI is InChI=1S/C30H53NO12S/c1-28-2-4-30(5-3-28)44(32,33)43-27-25-41-23-21-39-19-17-37-15-13-35-11-10-34-12-14-36-16-18-38-20-22-40-24-26-42-29-6-8-31-9-7-29/h2-5,29,31H,6-27H2,1H3. The molecule has 0 aromatic heterocycles. The lowest BCUT2D eigenvalue weighted by Gasteiger charge is -2.22. The Morgan fingerprint density at radius 3 is 1.27 bits per heavy atom. The van der Waals surface area contributed by atoms with E-state index in [1.165, 1.54) is 12.1 Å². The Kier molecular flexibility index (Phi) is 23.8. The average molecular weight is 652 g/mol. The van der Waals surface area contributed by atoms with Crippen LogP contribution in [0.15, 0.2) is 29.2 Å². The summed E-state index contributed by atoms with van der Waals surface area (Å²) in [4.78, 5) is 0.131. The number of piperidine rings is 1. The van der Waals surface area contributed by atoms with Crippen molar-refractivity contribution in [3.8, 4) is 0 Å². The minimum absolute atomic E-state index is 0.0551. The quantitative estimate of drug-likeness (QED) is 0.0953. The Morgan fingerprint density at radius 1 is 0.545 bits per heavy atom. The molecule has 0 aliphatic carbocycles. The van der Waals surface area contributed by atoms with Gasteiger partial charge in [0.05, 0.1) is 130 Å². The number of hydrogen-bond donors (Lipinski definition) is 1. The summed E-state index contributed by atoms with van der Waals surface area (Å²) in [5.74, 6) is 0. The van der Waals surface area contributed by atoms with Crippen LogP contribution in [0.4, 0.5) is 0 Å². The molecule has 2 rings (SSSR count). The first-order valence-corrected chi connectivity index (χ1v) is 16.9. The van der Waals surface area contributed by atoms with Crippen molar-refractivity contribution >= 4 is 10.1 Å². The van der Waals surface area contributed by atoms with Crippen LogP contribution >= 0.6 is 0 Å². The van der Waals surface area contributed by atoms with Crippen LogP contribution in [-0.2, 0) is 56.9 Å². The summed E-state index contributed by atoms with van der Waals surface area (Å²) < 4.78 is 78.5. The first-order chi connectivity index (χ1) is 21.6. The van der Waals surface area contributed by atoms with Crippen molar-refractivity contribution in [1.82, 2.24) is 5.32 Å². The molecular weight excluding hydrogens is 598 g/mol. The van der Waals surface area contributed by atoms with E-state index < -0.39 is 10.1 Å². The lowest BCUT2D eigenvalue weighted by molar-refractivity contribution is -0.0319. The number of hydrogen-bond acceptors (Lipinski definition) is 13. The highest BCUT2D eigenvalue weighted by Gasteiger charge is 2.14. The fourth-order valence-electron chi connectivity index (χ4n) is 3.85. The van der Waals surface area contributed by atoms with Gasteiger partial charge in [-0.25, -0.2) is 0 Å². The van der Waals surface area contributed by atoms with E-state index in [4.69, 9.17) is 46.8 Å². The molecular formula is C30H53NO12S. The molecule has 0 amide bonds. The van der Waals surface area contributed by atoms with Gasteiger partial charge in [0.25, 0.3) is 10.1 Å². The molecule has 0 radical (unpaired) electrons. The summed E-state index contributed by atoms with van der Waals surface area (Å²) in [6.07, 6.45) is 2.51. The van der Waals surface area contributed by atoms with Crippen molar-refractivity contribution in [3.63, 3.8) is 0 Å². The smallest absolute Gasteiger partial charge is 0.297 e. The van der Waals surface area contributed by atoms with Crippen LogP contribution < -0.4 is 5.32 Å². The van der Waals surface area contributed by atoms with E-state index in [0.717, 1.165) is 31.5 Å². The fraction of sp³-hybridized carbons (Fsp3) is 0.800. The molecule has 1 aromatic carbocycles. The first-order valence-electron chi connectivity index (χ1n) is 15.5. The van der Waals surface area contributed by atoms with Crippen molar-refractivity contribution < 1.29 is 55.2 Å². The van der Waals surface area contributed by atoms with Gasteiger partial charge in [-0.2, -0.15) is 8.42 Å². The molecule has 0 atom stereocenters. The van der Waals surface area contributed by atoms with Crippen molar-refractivity contribution in [1.29, 1.82) is 0 Å².